The van der Waals surface area contributed by atoms with Crippen molar-refractivity contribution in [1.82, 2.24) is 0 Å². The fourth-order valence-electron chi connectivity index (χ4n) is 2.77. The second kappa shape index (κ2) is 7.25. The van der Waals surface area contributed by atoms with E-state index in [9.17, 15) is 4.79 Å². The molecule has 0 aliphatic heterocycles. The smallest absolute Gasteiger partial charge is 0.136 e. The van der Waals surface area contributed by atoms with Gasteiger partial charge in [-0.25, -0.2) is 0 Å². The molecule has 1 fully saturated rings. The monoisotopic (exact) mass is 258 g/mol. The topological polar surface area (TPSA) is 26.3 Å². The minimum Gasteiger partial charge on any atom is -0.377 e. The van der Waals surface area contributed by atoms with Crippen molar-refractivity contribution in [2.24, 2.45) is 11.8 Å². The Bertz CT molecular complexity index is 411. The molecule has 0 N–H and O–H groups in total. The predicted octanol–water partition coefficient (Wildman–Crippen LogP) is 3.76. The summed E-state index contributed by atoms with van der Waals surface area (Å²) in [5, 5.41) is 0. The first-order valence-electron chi connectivity index (χ1n) is 7.08. The van der Waals surface area contributed by atoms with Crippen LogP contribution in [0.15, 0.2) is 43.0 Å². The number of benzene rings is 1. The molecule has 2 heteroatoms. The summed E-state index contributed by atoms with van der Waals surface area (Å²) in [6.45, 7) is 5.13. The molecule has 1 aliphatic carbocycles. The Hall–Kier alpha value is -1.41. The lowest BCUT2D eigenvalue weighted by Crippen LogP contribution is -2.28. The molecule has 0 aromatic heterocycles. The molecule has 1 aromatic rings. The lowest BCUT2D eigenvalue weighted by Gasteiger charge is -2.27. The lowest BCUT2D eigenvalue weighted by molar-refractivity contribution is -0.126. The molecular weight excluding hydrogens is 236 g/mol. The number of hydrogen-bond donors (Lipinski definition) is 0. The number of carbonyl (C=O) groups excluding carboxylic acids is 1. The van der Waals surface area contributed by atoms with Gasteiger partial charge in [0, 0.05) is 18.9 Å². The zero-order valence-corrected chi connectivity index (χ0v) is 11.4. The molecule has 2 unspecified atom stereocenters. The lowest BCUT2D eigenvalue weighted by atomic mass is 9.77. The quantitative estimate of drug-likeness (QED) is 0.573. The van der Waals surface area contributed by atoms with E-state index in [0.717, 1.165) is 25.7 Å². The van der Waals surface area contributed by atoms with Crippen LogP contribution < -0.4 is 0 Å². The van der Waals surface area contributed by atoms with Gasteiger partial charge in [-0.15, -0.1) is 6.58 Å². The van der Waals surface area contributed by atoms with E-state index in [1.807, 2.05) is 24.3 Å². The van der Waals surface area contributed by atoms with Crippen LogP contribution in [0.1, 0.15) is 31.2 Å². The van der Waals surface area contributed by atoms with Crippen molar-refractivity contribution in [2.45, 2.75) is 32.3 Å². The van der Waals surface area contributed by atoms with E-state index in [0.29, 0.717) is 24.9 Å². The molecule has 0 heterocycles. The van der Waals surface area contributed by atoms with Crippen LogP contribution in [0.2, 0.25) is 0 Å². The summed E-state index contributed by atoms with van der Waals surface area (Å²) in [5.41, 5.74) is 1.18. The second-order valence-corrected chi connectivity index (χ2v) is 5.19. The summed E-state index contributed by atoms with van der Waals surface area (Å²) >= 11 is 0. The molecule has 2 rings (SSSR count). The third-order valence-corrected chi connectivity index (χ3v) is 3.88. The SMILES string of the molecule is C=CC1CCCC(=O)C1CCOCc1ccccc1. The van der Waals surface area contributed by atoms with Crippen LogP contribution in [0.3, 0.4) is 0 Å². The average molecular weight is 258 g/mol. The van der Waals surface area contributed by atoms with Gasteiger partial charge in [0.1, 0.15) is 5.78 Å². The van der Waals surface area contributed by atoms with Gasteiger partial charge in [-0.1, -0.05) is 36.4 Å². The average Bonchev–Trinajstić information content (AvgIpc) is 2.46. The number of Topliss-reactive ketones (excluding diaryl/α,β-unsaturated/α-hetero) is 1. The molecule has 0 saturated heterocycles. The number of ether oxygens (including phenoxy) is 1. The molecule has 2 nitrogen and oxygen atoms in total. The van der Waals surface area contributed by atoms with Crippen molar-refractivity contribution >= 4 is 5.78 Å². The highest BCUT2D eigenvalue weighted by Gasteiger charge is 2.29. The van der Waals surface area contributed by atoms with Gasteiger partial charge >= 0.3 is 0 Å². The van der Waals surface area contributed by atoms with E-state index < -0.39 is 0 Å². The normalized spacial score (nSPS) is 23.3. The summed E-state index contributed by atoms with van der Waals surface area (Å²) in [6.07, 6.45) is 5.60. The van der Waals surface area contributed by atoms with E-state index in [-0.39, 0.29) is 5.92 Å². The number of carbonyl (C=O) groups is 1. The number of hydrogen-bond acceptors (Lipinski definition) is 2. The predicted molar refractivity (Wildman–Crippen MR) is 76.8 cm³/mol. The Balaban J connectivity index is 1.75. The molecule has 0 spiro atoms. The first-order chi connectivity index (χ1) is 9.31. The van der Waals surface area contributed by atoms with Gasteiger partial charge in [-0.2, -0.15) is 0 Å². The van der Waals surface area contributed by atoms with Crippen molar-refractivity contribution in [3.63, 3.8) is 0 Å². The first-order valence-corrected chi connectivity index (χ1v) is 7.08. The van der Waals surface area contributed by atoms with Gasteiger partial charge in [-0.3, -0.25) is 4.79 Å². The molecule has 19 heavy (non-hydrogen) atoms. The molecule has 102 valence electrons. The Morgan fingerprint density at radius 3 is 2.84 bits per heavy atom. The number of rotatable bonds is 6. The van der Waals surface area contributed by atoms with Crippen LogP contribution in [0, 0.1) is 11.8 Å². The third kappa shape index (κ3) is 4.03. The first kappa shape index (κ1) is 14.0. The minimum absolute atomic E-state index is 0.127. The molecule has 0 radical (unpaired) electrons. The van der Waals surface area contributed by atoms with Gasteiger partial charge in [0.25, 0.3) is 0 Å². The highest BCUT2D eigenvalue weighted by molar-refractivity contribution is 5.82. The zero-order valence-electron chi connectivity index (χ0n) is 11.4. The van der Waals surface area contributed by atoms with Crippen LogP contribution >= 0.6 is 0 Å². The van der Waals surface area contributed by atoms with Gasteiger partial charge in [0.15, 0.2) is 0 Å². The molecule has 2 atom stereocenters. The van der Waals surface area contributed by atoms with E-state index in [1.165, 1.54) is 5.56 Å². The van der Waals surface area contributed by atoms with E-state index >= 15 is 0 Å². The molecule has 0 amide bonds. The van der Waals surface area contributed by atoms with Crippen molar-refractivity contribution in [1.29, 1.82) is 0 Å². The molecule has 1 aromatic carbocycles. The van der Waals surface area contributed by atoms with Crippen LogP contribution in [-0.2, 0) is 16.1 Å². The summed E-state index contributed by atoms with van der Waals surface area (Å²) in [6, 6.07) is 10.1. The standard InChI is InChI=1S/C17H22O2/c1-2-15-9-6-10-17(18)16(15)11-12-19-13-14-7-4-3-5-8-14/h2-5,7-8,15-16H,1,6,9-13H2. The maximum atomic E-state index is 11.9. The van der Waals surface area contributed by atoms with Crippen molar-refractivity contribution in [3.05, 3.63) is 48.6 Å². The maximum Gasteiger partial charge on any atom is 0.136 e. The van der Waals surface area contributed by atoms with E-state index in [4.69, 9.17) is 4.74 Å². The molecule has 1 aliphatic rings. The molecule has 1 saturated carbocycles. The van der Waals surface area contributed by atoms with Gasteiger partial charge < -0.3 is 4.74 Å². The minimum atomic E-state index is 0.127. The fourth-order valence-corrected chi connectivity index (χ4v) is 2.77. The van der Waals surface area contributed by atoms with Crippen molar-refractivity contribution in [3.8, 4) is 0 Å². The van der Waals surface area contributed by atoms with Gasteiger partial charge in [0.05, 0.1) is 6.61 Å². The Kier molecular flexibility index (Phi) is 5.34. The van der Waals surface area contributed by atoms with Crippen LogP contribution in [0.4, 0.5) is 0 Å². The van der Waals surface area contributed by atoms with Gasteiger partial charge in [0.2, 0.25) is 0 Å². The third-order valence-electron chi connectivity index (χ3n) is 3.88. The van der Waals surface area contributed by atoms with Gasteiger partial charge in [-0.05, 0) is 30.7 Å². The second-order valence-electron chi connectivity index (χ2n) is 5.19. The van der Waals surface area contributed by atoms with Crippen molar-refractivity contribution in [2.75, 3.05) is 6.61 Å². The summed E-state index contributed by atoms with van der Waals surface area (Å²) < 4.78 is 5.68. The summed E-state index contributed by atoms with van der Waals surface area (Å²) in [7, 11) is 0. The van der Waals surface area contributed by atoms with Crippen molar-refractivity contribution < 1.29 is 9.53 Å². The maximum absolute atomic E-state index is 11.9. The zero-order chi connectivity index (χ0) is 13.5. The Morgan fingerprint density at radius 1 is 1.32 bits per heavy atom. The Labute approximate surface area is 115 Å². The summed E-state index contributed by atoms with van der Waals surface area (Å²) in [4.78, 5) is 11.9. The van der Waals surface area contributed by atoms with Crippen LogP contribution in [0.5, 0.6) is 0 Å². The highest BCUT2D eigenvalue weighted by Crippen LogP contribution is 2.30. The molecular formula is C17H22O2. The summed E-state index contributed by atoms with van der Waals surface area (Å²) in [5.74, 6) is 0.864. The van der Waals surface area contributed by atoms with Crippen LogP contribution in [0.25, 0.3) is 0 Å². The van der Waals surface area contributed by atoms with E-state index in [1.54, 1.807) is 0 Å². The molecule has 0 bridgehead atoms. The van der Waals surface area contributed by atoms with Crippen LogP contribution in [-0.4, -0.2) is 12.4 Å². The van der Waals surface area contributed by atoms with E-state index in [2.05, 4.69) is 18.7 Å². The highest BCUT2D eigenvalue weighted by atomic mass is 16.5. The largest absolute Gasteiger partial charge is 0.377 e. The number of ketones is 1. The fraction of sp³-hybridized carbons (Fsp3) is 0.471. The Morgan fingerprint density at radius 2 is 2.11 bits per heavy atom. The number of allylic oxidation sites excluding steroid dienone is 1.